The normalized spacial score (nSPS) is 19.1. The lowest BCUT2D eigenvalue weighted by atomic mass is 10.2. The number of nitrogen functional groups attached to an aromatic ring is 1. The number of nitrogens with zero attached hydrogens (tertiary/aromatic N) is 5. The topological polar surface area (TPSA) is 172 Å². The fourth-order valence-corrected chi connectivity index (χ4v) is 3.55. The van der Waals surface area contributed by atoms with Crippen molar-refractivity contribution in [3.63, 3.8) is 0 Å². The molecule has 1 saturated heterocycles. The van der Waals surface area contributed by atoms with E-state index in [0.29, 0.717) is 0 Å². The molecule has 0 aromatic carbocycles. The largest absolute Gasteiger partial charge is 0.477 e. The van der Waals surface area contributed by atoms with Crippen LogP contribution in [0.25, 0.3) is 0 Å². The summed E-state index contributed by atoms with van der Waals surface area (Å²) in [6, 6.07) is -1.00. The number of carboxylic acid groups (broad SMARTS) is 1. The van der Waals surface area contributed by atoms with E-state index in [-0.39, 0.29) is 47.5 Å². The fraction of sp³-hybridized carbons (Fsp3) is 0.294. The van der Waals surface area contributed by atoms with Crippen LogP contribution in [0, 0.1) is 0 Å². The van der Waals surface area contributed by atoms with Crippen LogP contribution in [0.4, 0.5) is 5.13 Å². The van der Waals surface area contributed by atoms with Crippen LogP contribution in [0.3, 0.4) is 0 Å². The van der Waals surface area contributed by atoms with E-state index in [0.717, 1.165) is 16.3 Å². The predicted molar refractivity (Wildman–Crippen MR) is 110 cm³/mol. The van der Waals surface area contributed by atoms with Gasteiger partial charge in [-0.15, -0.1) is 11.3 Å². The Labute approximate surface area is 180 Å². The number of hydrogen-bond acceptors (Lipinski definition) is 11. The van der Waals surface area contributed by atoms with Crippen LogP contribution in [-0.2, 0) is 24.1 Å². The minimum Gasteiger partial charge on any atom is -0.477 e. The van der Waals surface area contributed by atoms with Gasteiger partial charge in [0.2, 0.25) is 0 Å². The molecule has 0 spiro atoms. The first-order valence-electron chi connectivity index (χ1n) is 8.82. The highest BCUT2D eigenvalue weighted by Gasteiger charge is 2.48. The van der Waals surface area contributed by atoms with Crippen LogP contribution >= 0.6 is 11.3 Å². The third-order valence-corrected chi connectivity index (χ3v) is 4.87. The molecule has 2 aliphatic heterocycles. The zero-order valence-electron chi connectivity index (χ0n) is 16.3. The molecule has 0 saturated carbocycles. The van der Waals surface area contributed by atoms with Gasteiger partial charge in [0.15, 0.2) is 16.5 Å². The summed E-state index contributed by atoms with van der Waals surface area (Å²) in [6.07, 6.45) is 2.72. The van der Waals surface area contributed by atoms with Gasteiger partial charge in [0.1, 0.15) is 25.5 Å². The molecular formula is C17H19N7O6S. The summed E-state index contributed by atoms with van der Waals surface area (Å²) in [7, 11) is 1.26. The number of rotatable bonds is 9. The van der Waals surface area contributed by atoms with Crippen LogP contribution in [0.5, 0.6) is 0 Å². The molecule has 1 fully saturated rings. The Balaban J connectivity index is 1.76. The molecule has 1 aromatic rings. The molecule has 3 heterocycles. The van der Waals surface area contributed by atoms with Crippen LogP contribution in [0.2, 0.25) is 0 Å². The van der Waals surface area contributed by atoms with Gasteiger partial charge in [0, 0.05) is 24.0 Å². The third-order valence-electron chi connectivity index (χ3n) is 4.20. The molecule has 1 aromatic heterocycles. The van der Waals surface area contributed by atoms with E-state index >= 15 is 0 Å². The average Bonchev–Trinajstić information content (AvgIpc) is 3.38. The van der Waals surface area contributed by atoms with E-state index < -0.39 is 23.8 Å². The molecule has 164 valence electrons. The lowest BCUT2D eigenvalue weighted by Crippen LogP contribution is -2.46. The van der Waals surface area contributed by atoms with Gasteiger partial charge in [0.25, 0.3) is 11.8 Å². The van der Waals surface area contributed by atoms with Crippen molar-refractivity contribution >= 4 is 46.2 Å². The number of aromatic nitrogens is 1. The molecule has 2 aliphatic rings. The number of amides is 2. The fourth-order valence-electron chi connectivity index (χ4n) is 3.00. The summed E-state index contributed by atoms with van der Waals surface area (Å²) in [5.74, 6) is -2.64. The van der Waals surface area contributed by atoms with E-state index in [2.05, 4.69) is 27.2 Å². The Bertz CT molecular complexity index is 1000. The lowest BCUT2D eigenvalue weighted by molar-refractivity contribution is -0.143. The van der Waals surface area contributed by atoms with Crippen molar-refractivity contribution in [2.75, 3.05) is 32.5 Å². The summed E-state index contributed by atoms with van der Waals surface area (Å²) in [6.45, 7) is 3.78. The number of hydrogen-bond donors (Lipinski definition) is 3. The van der Waals surface area contributed by atoms with E-state index in [1.54, 1.807) is 0 Å². The summed E-state index contributed by atoms with van der Waals surface area (Å²) < 4.78 is 0. The van der Waals surface area contributed by atoms with Gasteiger partial charge in [-0.25, -0.2) is 19.8 Å². The monoisotopic (exact) mass is 449 g/mol. The van der Waals surface area contributed by atoms with Crippen molar-refractivity contribution in [1.82, 2.24) is 20.3 Å². The van der Waals surface area contributed by atoms with Crippen molar-refractivity contribution in [1.29, 1.82) is 0 Å². The Hall–Kier alpha value is -3.78. The van der Waals surface area contributed by atoms with Crippen LogP contribution in [0.1, 0.15) is 5.69 Å². The van der Waals surface area contributed by atoms with Gasteiger partial charge < -0.3 is 25.8 Å². The minimum absolute atomic E-state index is 0.0473. The highest BCUT2D eigenvalue weighted by atomic mass is 32.1. The van der Waals surface area contributed by atoms with Gasteiger partial charge >= 0.3 is 5.97 Å². The number of hydrazine groups is 1. The van der Waals surface area contributed by atoms with Crippen molar-refractivity contribution in [3.05, 3.63) is 35.0 Å². The number of anilines is 1. The zero-order valence-corrected chi connectivity index (χ0v) is 17.2. The van der Waals surface area contributed by atoms with Crippen molar-refractivity contribution in [2.45, 2.75) is 6.04 Å². The quantitative estimate of drug-likeness (QED) is 0.188. The second-order valence-electron chi connectivity index (χ2n) is 6.21. The van der Waals surface area contributed by atoms with Crippen LogP contribution in [0.15, 0.2) is 39.6 Å². The predicted octanol–water partition coefficient (Wildman–Crippen LogP) is -0.839. The molecule has 2 amide bonds. The molecule has 0 bridgehead atoms. The molecule has 4 N–H and O–H groups in total. The Morgan fingerprint density at radius 3 is 2.94 bits per heavy atom. The molecule has 0 radical (unpaired) electrons. The Morgan fingerprint density at radius 1 is 1.55 bits per heavy atom. The Morgan fingerprint density at radius 2 is 2.32 bits per heavy atom. The zero-order chi connectivity index (χ0) is 22.5. The molecule has 13 nitrogen and oxygen atoms in total. The SMILES string of the molecule is C=CCO/N=C/C1=C(C(=O)O)N2C(=O)[C@@H](NC(=O)/C(=N/OC)c3csc(N)n3)CN2C1. The number of nitrogens with one attached hydrogen (secondary N) is 1. The van der Waals surface area contributed by atoms with Crippen LogP contribution < -0.4 is 11.1 Å². The van der Waals surface area contributed by atoms with E-state index in [1.807, 2.05) is 0 Å². The maximum absolute atomic E-state index is 12.9. The highest BCUT2D eigenvalue weighted by Crippen LogP contribution is 2.28. The second kappa shape index (κ2) is 9.36. The molecule has 31 heavy (non-hydrogen) atoms. The van der Waals surface area contributed by atoms with E-state index in [1.165, 1.54) is 29.8 Å². The molecule has 0 unspecified atom stereocenters. The van der Waals surface area contributed by atoms with Crippen molar-refractivity contribution in [2.24, 2.45) is 10.3 Å². The molecular weight excluding hydrogens is 430 g/mol. The van der Waals surface area contributed by atoms with Gasteiger partial charge in [-0.05, 0) is 0 Å². The second-order valence-corrected chi connectivity index (χ2v) is 7.10. The summed E-state index contributed by atoms with van der Waals surface area (Å²) in [5.41, 5.74) is 5.65. The molecule has 1 atom stereocenters. The van der Waals surface area contributed by atoms with E-state index in [4.69, 9.17) is 15.4 Å². The Kier molecular flexibility index (Phi) is 6.61. The van der Waals surface area contributed by atoms with Gasteiger partial charge in [-0.3, -0.25) is 9.59 Å². The highest BCUT2D eigenvalue weighted by molar-refractivity contribution is 7.13. The number of oxime groups is 2. The molecule has 0 aliphatic carbocycles. The summed E-state index contributed by atoms with van der Waals surface area (Å²) >= 11 is 1.11. The van der Waals surface area contributed by atoms with Gasteiger partial charge in [-0.2, -0.15) is 0 Å². The first-order valence-corrected chi connectivity index (χ1v) is 9.70. The number of aliphatic carboxylic acids is 1. The maximum atomic E-state index is 12.9. The number of nitrogens with two attached hydrogens (primary N) is 1. The lowest BCUT2D eigenvalue weighted by Gasteiger charge is -2.19. The van der Waals surface area contributed by atoms with Crippen molar-refractivity contribution in [3.8, 4) is 0 Å². The van der Waals surface area contributed by atoms with Gasteiger partial charge in [0.05, 0.1) is 6.21 Å². The van der Waals surface area contributed by atoms with Crippen molar-refractivity contribution < 1.29 is 29.2 Å². The smallest absolute Gasteiger partial charge is 0.354 e. The number of carbonyl (C=O) groups is 3. The number of carboxylic acids is 1. The first-order chi connectivity index (χ1) is 14.9. The number of thiazole rings is 1. The minimum atomic E-state index is -1.31. The molecule has 3 rings (SSSR count). The number of carbonyl (C=O) groups excluding carboxylic acids is 2. The first kappa shape index (κ1) is 21.9. The third kappa shape index (κ3) is 4.54. The van der Waals surface area contributed by atoms with Gasteiger partial charge in [-0.1, -0.05) is 23.0 Å². The number of fused-ring (bicyclic) bond motifs is 1. The molecule has 14 heteroatoms. The standard InChI is InChI=1S/C17H19N7O6S/c1-3-4-30-19-5-9-6-23-7-10(15(26)24(23)13(9)16(27)28)20-14(25)12(22-29-2)11-8-31-17(18)21-11/h3,5,8,10H,1,4,6-7H2,2H3,(H2,18,21)(H,20,25)(H,27,28)/b19-5+,22-12+/t10-/m0/s1. The average molecular weight is 449 g/mol. The van der Waals surface area contributed by atoms with Crippen LogP contribution in [-0.4, -0.2) is 82.7 Å². The summed E-state index contributed by atoms with van der Waals surface area (Å²) in [5, 5.41) is 23.7. The maximum Gasteiger partial charge on any atom is 0.354 e. The van der Waals surface area contributed by atoms with E-state index in [9.17, 15) is 19.5 Å². The summed E-state index contributed by atoms with van der Waals surface area (Å²) in [4.78, 5) is 50.9.